The summed E-state index contributed by atoms with van der Waals surface area (Å²) < 4.78 is 31.8. The van der Waals surface area contributed by atoms with Crippen LogP contribution in [0.2, 0.25) is 0 Å². The van der Waals surface area contributed by atoms with Gasteiger partial charge in [0.2, 0.25) is 11.8 Å². The summed E-state index contributed by atoms with van der Waals surface area (Å²) in [6.07, 6.45) is 0.613. The number of amides is 2. The summed E-state index contributed by atoms with van der Waals surface area (Å²) in [7, 11) is -3.28. The van der Waals surface area contributed by atoms with Crippen molar-refractivity contribution in [1.82, 2.24) is 10.2 Å². The number of rotatable bonds is 8. The summed E-state index contributed by atoms with van der Waals surface area (Å²) in [4.78, 5) is 36.3. The second-order valence-corrected chi connectivity index (χ2v) is 7.92. The van der Waals surface area contributed by atoms with Crippen molar-refractivity contribution in [3.8, 4) is 0 Å². The number of hydrogen-bond acceptors (Lipinski definition) is 8. The highest BCUT2D eigenvalue weighted by Gasteiger charge is 2.57. The van der Waals surface area contributed by atoms with E-state index >= 15 is 0 Å². The predicted octanol–water partition coefficient (Wildman–Crippen LogP) is 0.150. The Balaban J connectivity index is 2.13. The molecule has 0 aromatic rings. The zero-order valence-electron chi connectivity index (χ0n) is 14.2. The molecular formula is C14H18N2O8S2. The average molecular weight is 406 g/mol. The molecule has 2 heterocycles. The van der Waals surface area contributed by atoms with E-state index in [0.717, 1.165) is 23.8 Å². The van der Waals surface area contributed by atoms with Crippen molar-refractivity contribution in [3.05, 3.63) is 22.2 Å². The molecule has 2 rings (SSSR count). The van der Waals surface area contributed by atoms with E-state index in [1.165, 1.54) is 25.5 Å². The minimum Gasteiger partial charge on any atom is -0.477 e. The summed E-state index contributed by atoms with van der Waals surface area (Å²) in [5.74, 6) is -2.85. The van der Waals surface area contributed by atoms with Crippen LogP contribution in [0.25, 0.3) is 0 Å². The first kappa shape index (κ1) is 20.4. The molecule has 0 radical (unpaired) electrons. The lowest BCUT2D eigenvalue weighted by molar-refractivity contribution is -0.160. The molecule has 0 spiro atoms. The molecule has 10 nitrogen and oxygen atoms in total. The van der Waals surface area contributed by atoms with Gasteiger partial charge in [-0.1, -0.05) is 11.8 Å². The molecule has 2 aliphatic heterocycles. The van der Waals surface area contributed by atoms with Gasteiger partial charge in [0.1, 0.15) is 5.70 Å². The highest BCUT2D eigenvalue weighted by molar-refractivity contribution is 8.05. The third-order valence-corrected chi connectivity index (χ3v) is 5.78. The first-order valence-electron chi connectivity index (χ1n) is 7.46. The number of nitrogens with zero attached hydrogens (tertiary/aromatic N) is 1. The molecule has 0 aromatic heterocycles. The number of thioether (sulfide) groups is 1. The zero-order chi connectivity index (χ0) is 19.6. The topological polar surface area (TPSA) is 139 Å². The molecular weight excluding hydrogens is 388 g/mol. The number of carboxylic acids is 1. The van der Waals surface area contributed by atoms with Crippen LogP contribution in [0.4, 0.5) is 0 Å². The Morgan fingerprint density at radius 2 is 2.12 bits per heavy atom. The van der Waals surface area contributed by atoms with Gasteiger partial charge in [-0.05, 0) is 12.3 Å². The molecule has 0 bridgehead atoms. The Kier molecular flexibility index (Phi) is 6.11. The molecule has 2 aliphatic rings. The highest BCUT2D eigenvalue weighted by Crippen LogP contribution is 2.47. The molecule has 144 valence electrons. The molecule has 0 unspecified atom stereocenters. The molecule has 12 heteroatoms. The van der Waals surface area contributed by atoms with Crippen LogP contribution in [0.3, 0.4) is 0 Å². The van der Waals surface area contributed by atoms with Crippen LogP contribution in [0.1, 0.15) is 20.3 Å². The Morgan fingerprint density at radius 3 is 2.65 bits per heavy atom. The minimum atomic E-state index is -4.22. The van der Waals surface area contributed by atoms with Crippen LogP contribution in [0, 0.1) is 5.92 Å². The van der Waals surface area contributed by atoms with Crippen LogP contribution in [0.5, 0.6) is 0 Å². The monoisotopic (exact) mass is 406 g/mol. The molecule has 1 saturated heterocycles. The van der Waals surface area contributed by atoms with Crippen LogP contribution < -0.4 is 5.32 Å². The van der Waals surface area contributed by atoms with Crippen molar-refractivity contribution in [1.29, 1.82) is 0 Å². The average Bonchev–Trinajstić information content (AvgIpc) is 2.85. The molecule has 0 aliphatic carbocycles. The lowest BCUT2D eigenvalue weighted by Crippen LogP contribution is -2.62. The molecule has 3 atom stereocenters. The molecule has 2 amide bonds. The highest BCUT2D eigenvalue weighted by atomic mass is 32.3. The Labute approximate surface area is 154 Å². The van der Waals surface area contributed by atoms with Gasteiger partial charge in [0, 0.05) is 24.4 Å². The van der Waals surface area contributed by atoms with E-state index in [1.54, 1.807) is 0 Å². The molecule has 2 N–H and O–H groups in total. The van der Waals surface area contributed by atoms with Crippen LogP contribution >= 0.6 is 11.8 Å². The summed E-state index contributed by atoms with van der Waals surface area (Å²) in [6, 6.07) is -0.507. The van der Waals surface area contributed by atoms with E-state index in [4.69, 9.17) is 4.18 Å². The summed E-state index contributed by atoms with van der Waals surface area (Å²) in [5.41, 5.74) is -0.143. The van der Waals surface area contributed by atoms with Crippen LogP contribution in [-0.4, -0.2) is 55.5 Å². The van der Waals surface area contributed by atoms with Gasteiger partial charge in [0.25, 0.3) is 0 Å². The Bertz CT molecular complexity index is 789. The maximum atomic E-state index is 12.4. The van der Waals surface area contributed by atoms with E-state index in [-0.39, 0.29) is 18.0 Å². The third-order valence-electron chi connectivity index (χ3n) is 3.92. The number of carbonyl (C=O) groups excluding carboxylic acids is 2. The third kappa shape index (κ3) is 4.09. The van der Waals surface area contributed by atoms with E-state index in [0.29, 0.717) is 4.91 Å². The fourth-order valence-corrected chi connectivity index (χ4v) is 4.31. The summed E-state index contributed by atoms with van der Waals surface area (Å²) in [5, 5.41) is 13.3. The molecule has 26 heavy (non-hydrogen) atoms. The van der Waals surface area contributed by atoms with Gasteiger partial charge in [-0.3, -0.25) is 13.8 Å². The summed E-state index contributed by atoms with van der Waals surface area (Å²) >= 11 is 1.07. The van der Waals surface area contributed by atoms with Gasteiger partial charge in [-0.15, -0.1) is 0 Å². The van der Waals surface area contributed by atoms with Crippen molar-refractivity contribution in [2.24, 2.45) is 5.92 Å². The quantitative estimate of drug-likeness (QED) is 0.539. The van der Waals surface area contributed by atoms with Gasteiger partial charge in [-0.2, -0.15) is 8.42 Å². The van der Waals surface area contributed by atoms with E-state index < -0.39 is 40.3 Å². The number of carboxylic acid groups (broad SMARTS) is 1. The van der Waals surface area contributed by atoms with Crippen molar-refractivity contribution in [2.75, 3.05) is 7.11 Å². The SMILES string of the molecule is COS(=O)(=O)O[C@@H](C)[C@@H]1C(=O)N2C(C(=O)O)=C(SC=CNC(C)=O)C[C@H]12. The zero-order valence-corrected chi connectivity index (χ0v) is 15.8. The molecule has 1 fully saturated rings. The maximum Gasteiger partial charge on any atom is 0.399 e. The second-order valence-electron chi connectivity index (χ2n) is 5.58. The van der Waals surface area contributed by atoms with Crippen molar-refractivity contribution < 1.29 is 36.3 Å². The van der Waals surface area contributed by atoms with Crippen LogP contribution in [0.15, 0.2) is 22.2 Å². The van der Waals surface area contributed by atoms with E-state index in [1.807, 2.05) is 0 Å². The van der Waals surface area contributed by atoms with Crippen molar-refractivity contribution >= 4 is 39.9 Å². The lowest BCUT2D eigenvalue weighted by atomic mass is 9.83. The lowest BCUT2D eigenvalue weighted by Gasteiger charge is -2.45. The number of nitrogens with one attached hydrogen (secondary N) is 1. The molecule has 0 saturated carbocycles. The van der Waals surface area contributed by atoms with E-state index in [2.05, 4.69) is 9.50 Å². The molecule has 0 aromatic carbocycles. The van der Waals surface area contributed by atoms with Crippen molar-refractivity contribution in [3.63, 3.8) is 0 Å². The van der Waals surface area contributed by atoms with Crippen molar-refractivity contribution in [2.45, 2.75) is 32.4 Å². The maximum absolute atomic E-state index is 12.4. The number of β-lactam (4-membered cyclic amide) rings is 1. The smallest absolute Gasteiger partial charge is 0.399 e. The standard InChI is InChI=1S/C14H18N2O8S2/c1-7(24-26(21,22)23-3)11-9-6-10(25-5-4-15-8(2)17)12(14(19)20)16(9)13(11)18/h4-5,7,9,11H,6H2,1-3H3,(H,15,17)(H,19,20)/t7-,9+,11-/m0/s1. The predicted molar refractivity (Wildman–Crippen MR) is 90.4 cm³/mol. The fourth-order valence-electron chi connectivity index (χ4n) is 2.87. The first-order valence-corrected chi connectivity index (χ1v) is 9.67. The number of hydrogen-bond donors (Lipinski definition) is 2. The van der Waals surface area contributed by atoms with Crippen LogP contribution in [-0.2, 0) is 33.1 Å². The Morgan fingerprint density at radius 1 is 1.46 bits per heavy atom. The fraction of sp³-hybridized carbons (Fsp3) is 0.500. The van der Waals surface area contributed by atoms with Gasteiger partial charge in [-0.25, -0.2) is 8.98 Å². The van der Waals surface area contributed by atoms with Gasteiger partial charge in [0.15, 0.2) is 0 Å². The number of aliphatic carboxylic acids is 1. The minimum absolute atomic E-state index is 0.143. The number of fused-ring (bicyclic) bond motifs is 1. The Hall–Kier alpha value is -1.89. The van der Waals surface area contributed by atoms with E-state index in [9.17, 15) is 27.9 Å². The van der Waals surface area contributed by atoms with Gasteiger partial charge in [0.05, 0.1) is 25.2 Å². The normalized spacial score (nSPS) is 23.8. The van der Waals surface area contributed by atoms with Gasteiger partial charge >= 0.3 is 16.4 Å². The number of carbonyl (C=O) groups is 3. The first-order chi connectivity index (χ1) is 12.1. The second kappa shape index (κ2) is 7.78. The summed E-state index contributed by atoms with van der Waals surface area (Å²) in [6.45, 7) is 2.75. The van der Waals surface area contributed by atoms with Gasteiger partial charge < -0.3 is 15.3 Å². The largest absolute Gasteiger partial charge is 0.477 e.